The molecule has 3 heterocycles. The fourth-order valence-corrected chi connectivity index (χ4v) is 5.63. The third-order valence-corrected chi connectivity index (χ3v) is 8.21. The Morgan fingerprint density at radius 2 is 1.85 bits per heavy atom. The average Bonchev–Trinajstić information content (AvgIpc) is 3.56. The van der Waals surface area contributed by atoms with Crippen molar-refractivity contribution in [1.82, 2.24) is 19.8 Å². The Balaban J connectivity index is 1.12. The minimum absolute atomic E-state index is 0.0621. The number of urea groups is 1. The molecule has 1 saturated heterocycles. The molecule has 0 bridgehead atoms. The highest BCUT2D eigenvalue weighted by molar-refractivity contribution is 6.31. The van der Waals surface area contributed by atoms with E-state index in [1.807, 2.05) is 35.9 Å². The standard InChI is InChI=1S/C31H29ClFN5O3/c1-19(20-8-10-24(11-9-20)41-18-25-26(32)4-3-5-27(25)33)37-16-22-7-6-21(14-23(22)17-37)30-34-15-29(36(30)2)38-13-12-28(39)35-31(38)40/h3-11,14-15,19H,12-13,16-18H2,1-2H3,(H,35,39,40)/t19-/m0/s1. The maximum atomic E-state index is 14.1. The molecule has 0 spiro atoms. The largest absolute Gasteiger partial charge is 0.489 e. The molecule has 1 N–H and O–H groups in total. The van der Waals surface area contributed by atoms with Crippen molar-refractivity contribution in [3.05, 3.63) is 100.0 Å². The number of aromatic nitrogens is 2. The van der Waals surface area contributed by atoms with E-state index in [0.29, 0.717) is 28.7 Å². The number of imide groups is 1. The highest BCUT2D eigenvalue weighted by atomic mass is 35.5. The molecule has 8 nitrogen and oxygen atoms in total. The van der Waals surface area contributed by atoms with Crippen molar-refractivity contribution in [2.24, 2.45) is 7.05 Å². The first kappa shape index (κ1) is 27.0. The molecule has 41 heavy (non-hydrogen) atoms. The highest BCUT2D eigenvalue weighted by Gasteiger charge is 2.28. The second kappa shape index (κ2) is 11.0. The van der Waals surface area contributed by atoms with Crippen molar-refractivity contribution in [3.8, 4) is 17.1 Å². The van der Waals surface area contributed by atoms with E-state index in [0.717, 1.165) is 30.0 Å². The zero-order valence-corrected chi connectivity index (χ0v) is 23.5. The van der Waals surface area contributed by atoms with Crippen molar-refractivity contribution in [3.63, 3.8) is 0 Å². The number of amides is 3. The molecule has 0 unspecified atom stereocenters. The molecule has 6 rings (SSSR count). The number of rotatable bonds is 7. The van der Waals surface area contributed by atoms with Gasteiger partial charge in [0.2, 0.25) is 5.91 Å². The fourth-order valence-electron chi connectivity index (χ4n) is 5.42. The molecule has 1 atom stereocenters. The van der Waals surface area contributed by atoms with Gasteiger partial charge in [0, 0.05) is 50.3 Å². The zero-order chi connectivity index (χ0) is 28.7. The van der Waals surface area contributed by atoms with Crippen LogP contribution >= 0.6 is 11.6 Å². The van der Waals surface area contributed by atoms with Gasteiger partial charge in [0.05, 0.1) is 11.2 Å². The van der Waals surface area contributed by atoms with Crippen LogP contribution in [0.3, 0.4) is 0 Å². The summed E-state index contributed by atoms with van der Waals surface area (Å²) >= 11 is 6.11. The van der Waals surface area contributed by atoms with Crippen LogP contribution in [0.25, 0.3) is 11.4 Å². The molecule has 0 radical (unpaired) electrons. The fraction of sp³-hybridized carbons (Fsp3) is 0.258. The Bertz CT molecular complexity index is 1620. The van der Waals surface area contributed by atoms with Gasteiger partial charge < -0.3 is 9.30 Å². The number of anilines is 1. The first-order chi connectivity index (χ1) is 19.8. The minimum atomic E-state index is -0.427. The van der Waals surface area contributed by atoms with Gasteiger partial charge in [-0.2, -0.15) is 0 Å². The summed E-state index contributed by atoms with van der Waals surface area (Å²) in [6, 6.07) is 18.6. The summed E-state index contributed by atoms with van der Waals surface area (Å²) in [6.07, 6.45) is 1.93. The molecule has 2 aliphatic rings. The molecular formula is C31H29ClFN5O3. The molecule has 10 heteroatoms. The van der Waals surface area contributed by atoms with Crippen molar-refractivity contribution in [2.75, 3.05) is 11.4 Å². The monoisotopic (exact) mass is 573 g/mol. The second-order valence-electron chi connectivity index (χ2n) is 10.4. The van der Waals surface area contributed by atoms with E-state index >= 15 is 0 Å². The summed E-state index contributed by atoms with van der Waals surface area (Å²) in [5, 5.41) is 2.71. The Morgan fingerprint density at radius 1 is 1.07 bits per heavy atom. The number of fused-ring (bicyclic) bond motifs is 1. The molecule has 1 aromatic heterocycles. The van der Waals surface area contributed by atoms with Gasteiger partial charge in [-0.3, -0.25) is 19.9 Å². The number of ether oxygens (including phenoxy) is 1. The molecule has 3 aromatic carbocycles. The number of hydrogen-bond acceptors (Lipinski definition) is 5. The van der Waals surface area contributed by atoms with Crippen LogP contribution < -0.4 is 15.0 Å². The number of halogens is 2. The normalized spacial score (nSPS) is 16.0. The van der Waals surface area contributed by atoms with E-state index in [4.69, 9.17) is 16.3 Å². The topological polar surface area (TPSA) is 79.7 Å². The van der Waals surface area contributed by atoms with E-state index in [-0.39, 0.29) is 30.8 Å². The second-order valence-corrected chi connectivity index (χ2v) is 10.8. The van der Waals surface area contributed by atoms with Crippen LogP contribution in [0.15, 0.2) is 66.9 Å². The van der Waals surface area contributed by atoms with Gasteiger partial charge >= 0.3 is 6.03 Å². The third-order valence-electron chi connectivity index (χ3n) is 7.86. The Labute approximate surface area is 242 Å². The van der Waals surface area contributed by atoms with Crippen LogP contribution in [0.5, 0.6) is 5.75 Å². The predicted molar refractivity (Wildman–Crippen MR) is 154 cm³/mol. The van der Waals surface area contributed by atoms with Crippen LogP contribution in [0.4, 0.5) is 15.0 Å². The lowest BCUT2D eigenvalue weighted by atomic mass is 10.1. The SMILES string of the molecule is C[C@@H](c1ccc(OCc2c(F)cccc2Cl)cc1)N1Cc2ccc(-c3ncc(N4CCC(=O)NC4=O)n3C)cc2C1. The predicted octanol–water partition coefficient (Wildman–Crippen LogP) is 5.98. The number of carbonyl (C=O) groups excluding carboxylic acids is 2. The van der Waals surface area contributed by atoms with Gasteiger partial charge in [-0.05, 0) is 53.9 Å². The zero-order valence-electron chi connectivity index (χ0n) is 22.7. The Morgan fingerprint density at radius 3 is 2.61 bits per heavy atom. The maximum absolute atomic E-state index is 14.1. The minimum Gasteiger partial charge on any atom is -0.489 e. The molecule has 0 aliphatic carbocycles. The van der Waals surface area contributed by atoms with E-state index in [2.05, 4.69) is 40.3 Å². The van der Waals surface area contributed by atoms with Crippen LogP contribution in [0.1, 0.15) is 41.6 Å². The summed E-state index contributed by atoms with van der Waals surface area (Å²) in [4.78, 5) is 32.4. The van der Waals surface area contributed by atoms with Gasteiger partial charge in [-0.15, -0.1) is 0 Å². The summed E-state index contributed by atoms with van der Waals surface area (Å²) < 4.78 is 21.7. The highest BCUT2D eigenvalue weighted by Crippen LogP contribution is 2.35. The molecular weight excluding hydrogens is 545 g/mol. The van der Waals surface area contributed by atoms with Crippen LogP contribution in [-0.2, 0) is 31.5 Å². The molecule has 2 aliphatic heterocycles. The summed E-state index contributed by atoms with van der Waals surface area (Å²) in [6.45, 7) is 4.19. The van der Waals surface area contributed by atoms with Gasteiger partial charge in [0.25, 0.3) is 0 Å². The lowest BCUT2D eigenvalue weighted by molar-refractivity contribution is -0.120. The number of nitrogens with zero attached hydrogens (tertiary/aromatic N) is 4. The van der Waals surface area contributed by atoms with Gasteiger partial charge in [0.1, 0.15) is 29.8 Å². The Kier molecular flexibility index (Phi) is 7.23. The van der Waals surface area contributed by atoms with Gasteiger partial charge in [-0.25, -0.2) is 14.2 Å². The molecule has 4 aromatic rings. The summed E-state index contributed by atoms with van der Waals surface area (Å²) in [5.41, 5.74) is 4.97. The number of hydrogen-bond donors (Lipinski definition) is 1. The van der Waals surface area contributed by atoms with E-state index in [1.54, 1.807) is 23.2 Å². The number of benzene rings is 3. The van der Waals surface area contributed by atoms with Crippen LogP contribution in [-0.4, -0.2) is 32.9 Å². The first-order valence-corrected chi connectivity index (χ1v) is 13.8. The van der Waals surface area contributed by atoms with Gasteiger partial charge in [-0.1, -0.05) is 41.9 Å². The van der Waals surface area contributed by atoms with E-state index in [1.165, 1.54) is 17.2 Å². The third kappa shape index (κ3) is 5.30. The van der Waals surface area contributed by atoms with Crippen molar-refractivity contribution in [1.29, 1.82) is 0 Å². The summed E-state index contributed by atoms with van der Waals surface area (Å²) in [7, 11) is 1.88. The average molecular weight is 574 g/mol. The molecule has 1 fully saturated rings. The van der Waals surface area contributed by atoms with E-state index < -0.39 is 6.03 Å². The van der Waals surface area contributed by atoms with Crippen LogP contribution in [0.2, 0.25) is 5.02 Å². The van der Waals surface area contributed by atoms with Crippen LogP contribution in [0, 0.1) is 5.82 Å². The quantitative estimate of drug-likeness (QED) is 0.294. The van der Waals surface area contributed by atoms with Crippen molar-refractivity contribution in [2.45, 2.75) is 39.1 Å². The number of nitrogens with one attached hydrogen (secondary N) is 1. The molecule has 3 amide bonds. The Hall–Kier alpha value is -4.21. The lowest BCUT2D eigenvalue weighted by Crippen LogP contribution is -2.50. The first-order valence-electron chi connectivity index (χ1n) is 13.4. The van der Waals surface area contributed by atoms with Crippen molar-refractivity contribution < 1.29 is 18.7 Å². The summed E-state index contributed by atoms with van der Waals surface area (Å²) in [5.74, 6) is 1.41. The smallest absolute Gasteiger partial charge is 0.329 e. The van der Waals surface area contributed by atoms with E-state index in [9.17, 15) is 14.0 Å². The lowest BCUT2D eigenvalue weighted by Gasteiger charge is -2.26. The van der Waals surface area contributed by atoms with Gasteiger partial charge in [0.15, 0.2) is 0 Å². The molecule has 0 saturated carbocycles. The van der Waals surface area contributed by atoms with Crippen molar-refractivity contribution >= 4 is 29.4 Å². The molecule has 210 valence electrons. The maximum Gasteiger partial charge on any atom is 0.329 e. The number of imidazole rings is 1. The number of carbonyl (C=O) groups is 2.